The summed E-state index contributed by atoms with van der Waals surface area (Å²) >= 11 is 3.47. The number of barbiturate groups is 1. The van der Waals surface area contributed by atoms with Crippen molar-refractivity contribution in [3.63, 3.8) is 0 Å². The predicted molar refractivity (Wildman–Crippen MR) is 152 cm³/mol. The molecule has 1 heterocycles. The van der Waals surface area contributed by atoms with Crippen molar-refractivity contribution in [2.24, 2.45) is 0 Å². The molecule has 1 aliphatic heterocycles. The van der Waals surface area contributed by atoms with Crippen LogP contribution in [0.1, 0.15) is 27.8 Å². The van der Waals surface area contributed by atoms with E-state index in [4.69, 9.17) is 4.74 Å². The lowest BCUT2D eigenvalue weighted by atomic mass is 10.0. The molecule has 1 N–H and O–H groups in total. The number of nitrogens with zero attached hydrogens (tertiary/aromatic N) is 1. The van der Waals surface area contributed by atoms with Crippen LogP contribution in [0, 0.1) is 20.8 Å². The average Bonchev–Trinajstić information content (AvgIpc) is 2.88. The molecular weight excluding hydrogens is 544 g/mol. The molecule has 5 rings (SSSR count). The van der Waals surface area contributed by atoms with Gasteiger partial charge < -0.3 is 4.74 Å². The molecule has 1 saturated heterocycles. The number of urea groups is 1. The molecule has 7 heteroatoms. The number of rotatable bonds is 5. The third-order valence-electron chi connectivity index (χ3n) is 6.63. The van der Waals surface area contributed by atoms with Crippen LogP contribution in [0.4, 0.5) is 10.5 Å². The van der Waals surface area contributed by atoms with E-state index in [9.17, 15) is 14.4 Å². The first-order valence-corrected chi connectivity index (χ1v) is 12.9. The van der Waals surface area contributed by atoms with Crippen LogP contribution in [0.5, 0.6) is 5.75 Å². The molecule has 4 aromatic carbocycles. The summed E-state index contributed by atoms with van der Waals surface area (Å²) in [5.41, 5.74) is 4.60. The monoisotopic (exact) mass is 568 g/mol. The van der Waals surface area contributed by atoms with Gasteiger partial charge in [0.25, 0.3) is 11.8 Å². The SMILES string of the molecule is Cc1ccc(C)c(N2C(=O)NC(=O)/C(=C\c3cc(Br)ccc3OCc3c(C)ccc4ccccc34)C2=O)c1. The number of aryl methyl sites for hydroxylation is 3. The zero-order valence-corrected chi connectivity index (χ0v) is 22.8. The fourth-order valence-corrected chi connectivity index (χ4v) is 4.92. The van der Waals surface area contributed by atoms with Crippen LogP contribution >= 0.6 is 15.9 Å². The maximum Gasteiger partial charge on any atom is 0.335 e. The Balaban J connectivity index is 1.51. The third-order valence-corrected chi connectivity index (χ3v) is 7.12. The van der Waals surface area contributed by atoms with Crippen LogP contribution < -0.4 is 15.0 Å². The normalized spacial score (nSPS) is 14.8. The first kappa shape index (κ1) is 25.4. The summed E-state index contributed by atoms with van der Waals surface area (Å²) < 4.78 is 7.01. The minimum Gasteiger partial charge on any atom is -0.488 e. The molecule has 0 aliphatic carbocycles. The van der Waals surface area contributed by atoms with Crippen molar-refractivity contribution in [1.82, 2.24) is 5.32 Å². The Labute approximate surface area is 229 Å². The lowest BCUT2D eigenvalue weighted by Gasteiger charge is -2.28. The Hall–Kier alpha value is -4.23. The summed E-state index contributed by atoms with van der Waals surface area (Å²) in [4.78, 5) is 40.0. The van der Waals surface area contributed by atoms with Crippen molar-refractivity contribution < 1.29 is 19.1 Å². The van der Waals surface area contributed by atoms with E-state index in [1.54, 1.807) is 18.2 Å². The second-order valence-corrected chi connectivity index (χ2v) is 10.2. The molecule has 0 radical (unpaired) electrons. The van der Waals surface area contributed by atoms with Gasteiger partial charge in [0.2, 0.25) is 0 Å². The first-order valence-electron chi connectivity index (χ1n) is 12.1. The number of carbonyl (C=O) groups is 3. The smallest absolute Gasteiger partial charge is 0.335 e. The Kier molecular flexibility index (Phi) is 6.87. The fourth-order valence-electron chi connectivity index (χ4n) is 4.54. The van der Waals surface area contributed by atoms with E-state index >= 15 is 0 Å². The molecule has 0 aromatic heterocycles. The van der Waals surface area contributed by atoms with Gasteiger partial charge in [-0.3, -0.25) is 14.9 Å². The molecule has 0 atom stereocenters. The lowest BCUT2D eigenvalue weighted by molar-refractivity contribution is -0.122. The van der Waals surface area contributed by atoms with E-state index in [0.717, 1.165) is 42.4 Å². The number of anilines is 1. The number of amides is 4. The summed E-state index contributed by atoms with van der Waals surface area (Å²) in [6, 6.07) is 22.4. The topological polar surface area (TPSA) is 75.7 Å². The average molecular weight is 569 g/mol. The second kappa shape index (κ2) is 10.3. The van der Waals surface area contributed by atoms with E-state index in [0.29, 0.717) is 23.6 Å². The van der Waals surface area contributed by atoms with Crippen molar-refractivity contribution in [3.8, 4) is 5.75 Å². The van der Waals surface area contributed by atoms with Gasteiger partial charge in [0.1, 0.15) is 17.9 Å². The quantitative estimate of drug-likeness (QED) is 0.213. The van der Waals surface area contributed by atoms with Gasteiger partial charge in [0.15, 0.2) is 0 Å². The van der Waals surface area contributed by atoms with Crippen LogP contribution in [-0.2, 0) is 16.2 Å². The maximum absolute atomic E-state index is 13.5. The number of hydrogen-bond acceptors (Lipinski definition) is 4. The van der Waals surface area contributed by atoms with Gasteiger partial charge in [-0.15, -0.1) is 0 Å². The number of halogens is 1. The van der Waals surface area contributed by atoms with E-state index in [-0.39, 0.29) is 5.57 Å². The van der Waals surface area contributed by atoms with E-state index in [2.05, 4.69) is 45.5 Å². The summed E-state index contributed by atoms with van der Waals surface area (Å²) in [5.74, 6) is -0.940. The van der Waals surface area contributed by atoms with Gasteiger partial charge in [0.05, 0.1) is 5.69 Å². The number of imide groups is 2. The molecule has 1 aliphatic rings. The molecular formula is C31H25BrN2O4. The zero-order valence-electron chi connectivity index (χ0n) is 21.2. The molecule has 0 unspecified atom stereocenters. The Morgan fingerprint density at radius 3 is 2.47 bits per heavy atom. The zero-order chi connectivity index (χ0) is 27.0. The summed E-state index contributed by atoms with van der Waals surface area (Å²) in [6.07, 6.45) is 1.47. The molecule has 38 heavy (non-hydrogen) atoms. The van der Waals surface area contributed by atoms with Gasteiger partial charge in [0, 0.05) is 15.6 Å². The number of nitrogens with one attached hydrogen (secondary N) is 1. The highest BCUT2D eigenvalue weighted by atomic mass is 79.9. The van der Waals surface area contributed by atoms with Crippen LogP contribution in [0.3, 0.4) is 0 Å². The molecule has 4 amide bonds. The van der Waals surface area contributed by atoms with Crippen LogP contribution in [0.25, 0.3) is 16.8 Å². The van der Waals surface area contributed by atoms with Gasteiger partial charge >= 0.3 is 6.03 Å². The van der Waals surface area contributed by atoms with Crippen LogP contribution in [0.2, 0.25) is 0 Å². The van der Waals surface area contributed by atoms with E-state index in [1.165, 1.54) is 6.08 Å². The van der Waals surface area contributed by atoms with Crippen molar-refractivity contribution in [2.75, 3.05) is 4.90 Å². The van der Waals surface area contributed by atoms with Gasteiger partial charge in [-0.05, 0) is 78.6 Å². The van der Waals surface area contributed by atoms with E-state index < -0.39 is 17.8 Å². The molecule has 1 fully saturated rings. The van der Waals surface area contributed by atoms with E-state index in [1.807, 2.05) is 51.1 Å². The largest absolute Gasteiger partial charge is 0.488 e. The highest BCUT2D eigenvalue weighted by Gasteiger charge is 2.37. The van der Waals surface area contributed by atoms with Gasteiger partial charge in [-0.25, -0.2) is 9.69 Å². The number of hydrogen-bond donors (Lipinski definition) is 1. The highest BCUT2D eigenvalue weighted by molar-refractivity contribution is 9.10. The van der Waals surface area contributed by atoms with Crippen molar-refractivity contribution >= 4 is 56.3 Å². The number of carbonyl (C=O) groups excluding carboxylic acids is 3. The molecule has 0 bridgehead atoms. The fraction of sp³-hybridized carbons (Fsp3) is 0.129. The summed E-state index contributed by atoms with van der Waals surface area (Å²) in [7, 11) is 0. The number of fused-ring (bicyclic) bond motifs is 1. The first-order chi connectivity index (χ1) is 18.2. The molecule has 6 nitrogen and oxygen atoms in total. The Bertz CT molecular complexity index is 1660. The maximum atomic E-state index is 13.5. The Morgan fingerprint density at radius 2 is 1.66 bits per heavy atom. The van der Waals surface area contributed by atoms with Crippen LogP contribution in [-0.4, -0.2) is 17.8 Å². The lowest BCUT2D eigenvalue weighted by Crippen LogP contribution is -2.54. The minimum absolute atomic E-state index is 0.158. The van der Waals surface area contributed by atoms with Crippen molar-refractivity contribution in [3.05, 3.63) is 111 Å². The van der Waals surface area contributed by atoms with Crippen molar-refractivity contribution in [2.45, 2.75) is 27.4 Å². The molecule has 0 spiro atoms. The summed E-state index contributed by atoms with van der Waals surface area (Å²) in [5, 5.41) is 4.53. The number of benzene rings is 4. The minimum atomic E-state index is -0.775. The van der Waals surface area contributed by atoms with Crippen molar-refractivity contribution in [1.29, 1.82) is 0 Å². The van der Waals surface area contributed by atoms with Crippen LogP contribution in [0.15, 0.2) is 82.8 Å². The predicted octanol–water partition coefficient (Wildman–Crippen LogP) is 6.77. The highest BCUT2D eigenvalue weighted by Crippen LogP contribution is 2.31. The van der Waals surface area contributed by atoms with Gasteiger partial charge in [-0.1, -0.05) is 64.5 Å². The second-order valence-electron chi connectivity index (χ2n) is 9.30. The molecule has 190 valence electrons. The van der Waals surface area contributed by atoms with Gasteiger partial charge in [-0.2, -0.15) is 0 Å². The summed E-state index contributed by atoms with van der Waals surface area (Å²) in [6.45, 7) is 6.03. The number of ether oxygens (including phenoxy) is 1. The third kappa shape index (κ3) is 4.85. The molecule has 4 aromatic rings. The Morgan fingerprint density at radius 1 is 0.895 bits per heavy atom. The molecule has 0 saturated carbocycles. The standard InChI is InChI=1S/C31H25BrN2O4/c1-18-8-9-20(3)27(14-18)34-30(36)25(29(35)33-31(34)37)16-22-15-23(32)12-13-28(22)38-17-26-19(2)10-11-21-6-4-5-7-24(21)26/h4-16H,17H2,1-3H3,(H,33,35,37)/b25-16+.